The molecule has 0 amide bonds. The Kier molecular flexibility index (Phi) is 11.9. The fourth-order valence-electron chi connectivity index (χ4n) is 11.5. The summed E-state index contributed by atoms with van der Waals surface area (Å²) in [6.07, 6.45) is -4.77. The number of benzene rings is 11. The van der Waals surface area contributed by atoms with Gasteiger partial charge in [-0.2, -0.15) is 18.4 Å². The van der Waals surface area contributed by atoms with Crippen LogP contribution in [0.15, 0.2) is 224 Å². The Hall–Kier alpha value is -10.2. The van der Waals surface area contributed by atoms with E-state index < -0.39 is 11.7 Å². The van der Waals surface area contributed by atoms with Crippen molar-refractivity contribution in [2.75, 3.05) is 0 Å². The molecule has 0 aliphatic carbocycles. The summed E-state index contributed by atoms with van der Waals surface area (Å²) in [5.41, 5.74) is 19.1. The minimum atomic E-state index is -4.77. The molecule has 0 bridgehead atoms. The van der Waals surface area contributed by atoms with Crippen molar-refractivity contribution in [1.29, 1.82) is 5.26 Å². The number of halogens is 3. The minimum Gasteiger partial charge on any atom is -0.309 e. The van der Waals surface area contributed by atoms with Gasteiger partial charge < -0.3 is 9.13 Å². The highest BCUT2D eigenvalue weighted by Gasteiger charge is 2.34. The molecular formula is C73H49F3N4. The summed E-state index contributed by atoms with van der Waals surface area (Å²) in [5, 5.41) is 14.8. The van der Waals surface area contributed by atoms with Crippen molar-refractivity contribution in [2.24, 2.45) is 0 Å². The second-order valence-electron chi connectivity index (χ2n) is 21.0. The Morgan fingerprint density at radius 1 is 0.362 bits per heavy atom. The second-order valence-corrected chi connectivity index (χ2v) is 21.0. The first-order valence-electron chi connectivity index (χ1n) is 26.5. The molecule has 0 radical (unpaired) electrons. The molecule has 0 N–H and O–H groups in total. The van der Waals surface area contributed by atoms with Crippen LogP contribution in [0.4, 0.5) is 18.9 Å². The van der Waals surface area contributed by atoms with E-state index in [0.29, 0.717) is 27.9 Å². The molecule has 0 saturated carbocycles. The zero-order valence-electron chi connectivity index (χ0n) is 44.3. The van der Waals surface area contributed by atoms with Gasteiger partial charge in [0.1, 0.15) is 0 Å². The maximum atomic E-state index is 15.3. The molecule has 0 aliphatic heterocycles. The molecule has 0 aliphatic rings. The first-order chi connectivity index (χ1) is 38.8. The maximum absolute atomic E-state index is 15.3. The molecule has 7 heteroatoms. The molecule has 80 heavy (non-hydrogen) atoms. The van der Waals surface area contributed by atoms with Crippen molar-refractivity contribution in [3.05, 3.63) is 269 Å². The fraction of sp³-hybridized carbons (Fsp3) is 0.0685. The van der Waals surface area contributed by atoms with Crippen LogP contribution in [0.1, 0.15) is 33.4 Å². The predicted octanol–water partition coefficient (Wildman–Crippen LogP) is 20.6. The first-order valence-corrected chi connectivity index (χ1v) is 26.5. The van der Waals surface area contributed by atoms with Crippen LogP contribution in [-0.4, -0.2) is 9.13 Å². The zero-order valence-corrected chi connectivity index (χ0v) is 44.3. The number of alkyl halides is 3. The van der Waals surface area contributed by atoms with Crippen molar-refractivity contribution < 1.29 is 13.2 Å². The lowest BCUT2D eigenvalue weighted by atomic mass is 9.92. The zero-order chi connectivity index (χ0) is 55.0. The van der Waals surface area contributed by atoms with Crippen LogP contribution in [-0.2, 0) is 6.18 Å². The van der Waals surface area contributed by atoms with Crippen LogP contribution in [0.3, 0.4) is 0 Å². The standard InChI is InChI=1S/C73H49F3N4/c1-44-6-15-49(16-7-44)53-23-31-68-61(37-53)62-38-54(50-17-8-45(2)9-18-50)24-32-69(62)79(68)67-30-14-48(43-77)36-60(67)65-41-57(59-29-28-58(78-5)42-66(59)73(74,75)76)27-35-72(65)80-70-33-25-55(51-19-10-46(3)11-20-51)39-63(70)64-40-56(26-34-71(64)80)52-21-12-47(4)13-22-52/h6-42H,1-4H3. The van der Waals surface area contributed by atoms with E-state index in [0.717, 1.165) is 111 Å². The summed E-state index contributed by atoms with van der Waals surface area (Å²) in [6.45, 7) is 16.0. The monoisotopic (exact) mass is 1040 g/mol. The second kappa shape index (κ2) is 19.4. The molecule has 13 rings (SSSR count). The number of nitrogens with zero attached hydrogens (tertiary/aromatic N) is 4. The lowest BCUT2D eigenvalue weighted by Gasteiger charge is -2.21. The number of rotatable bonds is 8. The van der Waals surface area contributed by atoms with Gasteiger partial charge in [0, 0.05) is 32.7 Å². The number of nitriles is 1. The van der Waals surface area contributed by atoms with E-state index in [2.05, 4.69) is 218 Å². The third kappa shape index (κ3) is 8.67. The van der Waals surface area contributed by atoms with E-state index in [-0.39, 0.29) is 11.3 Å². The van der Waals surface area contributed by atoms with Gasteiger partial charge in [-0.05, 0) is 168 Å². The minimum absolute atomic E-state index is 0.0625. The predicted molar refractivity (Wildman–Crippen MR) is 323 cm³/mol. The average Bonchev–Trinajstić information content (AvgIpc) is 4.19. The summed E-state index contributed by atoms with van der Waals surface area (Å²) >= 11 is 0. The summed E-state index contributed by atoms with van der Waals surface area (Å²) in [4.78, 5) is 3.38. The number of fused-ring (bicyclic) bond motifs is 6. The molecule has 2 aromatic heterocycles. The van der Waals surface area contributed by atoms with Crippen LogP contribution in [0.2, 0.25) is 0 Å². The molecule has 0 fully saturated rings. The lowest BCUT2D eigenvalue weighted by molar-refractivity contribution is -0.137. The normalized spacial score (nSPS) is 11.7. The van der Waals surface area contributed by atoms with E-state index in [9.17, 15) is 5.26 Å². The van der Waals surface area contributed by atoms with Crippen LogP contribution in [0.5, 0.6) is 0 Å². The molecule has 382 valence electrons. The average molecular weight is 1040 g/mol. The molecular weight excluding hydrogens is 990 g/mol. The summed E-state index contributed by atoms with van der Waals surface area (Å²) in [6, 6.07) is 77.3. The van der Waals surface area contributed by atoms with Crippen LogP contribution in [0, 0.1) is 45.6 Å². The van der Waals surface area contributed by atoms with Gasteiger partial charge in [-0.1, -0.05) is 162 Å². The van der Waals surface area contributed by atoms with Crippen molar-refractivity contribution in [3.63, 3.8) is 0 Å². The van der Waals surface area contributed by atoms with Gasteiger partial charge in [0.15, 0.2) is 5.69 Å². The topological polar surface area (TPSA) is 38.0 Å². The third-order valence-electron chi connectivity index (χ3n) is 15.7. The molecule has 11 aromatic carbocycles. The summed E-state index contributed by atoms with van der Waals surface area (Å²) in [5.74, 6) is 0. The van der Waals surface area contributed by atoms with E-state index >= 15 is 13.2 Å². The molecule has 2 heterocycles. The Morgan fingerprint density at radius 2 is 0.700 bits per heavy atom. The fourth-order valence-corrected chi connectivity index (χ4v) is 11.5. The number of hydrogen-bond acceptors (Lipinski definition) is 1. The van der Waals surface area contributed by atoms with Crippen molar-refractivity contribution >= 4 is 49.3 Å². The smallest absolute Gasteiger partial charge is 0.309 e. The van der Waals surface area contributed by atoms with Crippen LogP contribution in [0.25, 0.3) is 127 Å². The number of hydrogen-bond donors (Lipinski definition) is 0. The summed E-state index contributed by atoms with van der Waals surface area (Å²) in [7, 11) is 0. The van der Waals surface area contributed by atoms with Gasteiger partial charge in [-0.15, -0.1) is 0 Å². The molecule has 13 aromatic rings. The third-order valence-corrected chi connectivity index (χ3v) is 15.7. The highest BCUT2D eigenvalue weighted by molar-refractivity contribution is 6.14. The van der Waals surface area contributed by atoms with Gasteiger partial charge in [-0.25, -0.2) is 4.85 Å². The van der Waals surface area contributed by atoms with Gasteiger partial charge in [-0.3, -0.25) is 0 Å². The molecule has 0 spiro atoms. The van der Waals surface area contributed by atoms with Gasteiger partial charge in [0.2, 0.25) is 0 Å². The van der Waals surface area contributed by atoms with E-state index in [1.807, 2.05) is 30.3 Å². The quantitative estimate of drug-likeness (QED) is 0.140. The summed E-state index contributed by atoms with van der Waals surface area (Å²) < 4.78 is 50.3. The largest absolute Gasteiger partial charge is 0.415 e. The number of aryl methyl sites for hydroxylation is 4. The lowest BCUT2D eigenvalue weighted by Crippen LogP contribution is -2.07. The van der Waals surface area contributed by atoms with Crippen molar-refractivity contribution in [1.82, 2.24) is 9.13 Å². The van der Waals surface area contributed by atoms with E-state index in [1.54, 1.807) is 6.07 Å². The Morgan fingerprint density at radius 3 is 1.05 bits per heavy atom. The van der Waals surface area contributed by atoms with E-state index in [1.165, 1.54) is 23.3 Å². The van der Waals surface area contributed by atoms with Gasteiger partial charge in [0.05, 0.1) is 57.2 Å². The maximum Gasteiger partial charge on any atom is 0.415 e. The SMILES string of the molecule is [C-]#[N+]c1ccc(-c2ccc(-n3c4ccc(-c5ccc(C)cc5)cc4c4cc(-c5ccc(C)cc5)ccc43)c(-c3cc(C#N)ccc3-n3c4ccc(-c5ccc(C)cc5)cc4c4cc(-c5ccc(C)cc5)ccc43)c2)c(C(F)(F)F)c1. The number of aromatic nitrogens is 2. The molecule has 0 saturated heterocycles. The highest BCUT2D eigenvalue weighted by atomic mass is 19.4. The van der Waals surface area contributed by atoms with Crippen molar-refractivity contribution in [2.45, 2.75) is 33.9 Å². The van der Waals surface area contributed by atoms with Crippen LogP contribution >= 0.6 is 0 Å². The van der Waals surface area contributed by atoms with E-state index in [4.69, 9.17) is 6.57 Å². The Bertz CT molecular complexity index is 4510. The first kappa shape index (κ1) is 49.4. The molecule has 4 nitrogen and oxygen atoms in total. The van der Waals surface area contributed by atoms with Gasteiger partial charge in [0.25, 0.3) is 0 Å². The molecule has 0 unspecified atom stereocenters. The van der Waals surface area contributed by atoms with Crippen LogP contribution < -0.4 is 0 Å². The highest BCUT2D eigenvalue weighted by Crippen LogP contribution is 2.47. The van der Waals surface area contributed by atoms with Gasteiger partial charge >= 0.3 is 6.18 Å². The Labute approximate surface area is 461 Å². The Balaban J connectivity index is 1.13. The molecule has 0 atom stereocenters. The van der Waals surface area contributed by atoms with Crippen molar-refractivity contribution in [3.8, 4) is 84.2 Å².